The molecule has 344 valence electrons. The van der Waals surface area contributed by atoms with Crippen molar-refractivity contribution in [3.05, 3.63) is 68.8 Å². The molecule has 0 saturated heterocycles. The van der Waals surface area contributed by atoms with Crippen molar-refractivity contribution in [2.24, 2.45) is 4.99 Å². The van der Waals surface area contributed by atoms with Gasteiger partial charge in [0.25, 0.3) is 21.4 Å². The molecule has 2 atom stereocenters. The summed E-state index contributed by atoms with van der Waals surface area (Å²) in [6, 6.07) is 7.30. The average Bonchev–Trinajstić information content (AvgIpc) is 3.15. The number of carbonyl (C=O) groups excluding carboxylic acids is 3. The molecule has 0 radical (unpaired) electrons. The van der Waals surface area contributed by atoms with Gasteiger partial charge in [-0.2, -0.15) is 9.03 Å². The Morgan fingerprint density at radius 2 is 1.28 bits per heavy atom. The van der Waals surface area contributed by atoms with E-state index in [0.717, 1.165) is 54.5 Å². The summed E-state index contributed by atoms with van der Waals surface area (Å²) >= 11 is 3.27. The van der Waals surface area contributed by atoms with Gasteiger partial charge in [-0.3, -0.25) is 34.8 Å². The predicted octanol–water partition coefficient (Wildman–Crippen LogP) is 3.80. The number of rotatable bonds is 17. The zero-order valence-electron chi connectivity index (χ0n) is 35.5. The molecule has 0 aromatic heterocycles. The number of amides is 1. The van der Waals surface area contributed by atoms with Gasteiger partial charge in [0, 0.05) is 42.7 Å². The lowest BCUT2D eigenvalue weighted by molar-refractivity contribution is -0.388. The second-order valence-electron chi connectivity index (χ2n) is 14.3. The third kappa shape index (κ3) is 20.9. The SMILES string of the molecule is CC(C)(C)OC(=O)NCCCBr.COC(=O)C(C)N(CCCN=C([O-])OC(C)(C)C)S(=O)(=O)c1ccccc1[N+](=O)[O-].COC(=O)C(C)NS(=O)(=O)c1ccccc1[N+](=O)[O-]. The van der Waals surface area contributed by atoms with Crippen molar-refractivity contribution in [1.29, 1.82) is 0 Å². The number of sulfonamides is 2. The maximum atomic E-state index is 13.1. The van der Waals surface area contributed by atoms with Crippen LogP contribution in [0, 0.1) is 20.2 Å². The summed E-state index contributed by atoms with van der Waals surface area (Å²) in [6.07, 6.45) is -0.153. The Morgan fingerprint density at radius 1 is 0.803 bits per heavy atom. The van der Waals surface area contributed by atoms with Gasteiger partial charge >= 0.3 is 18.0 Å². The molecule has 0 aliphatic heterocycles. The van der Waals surface area contributed by atoms with Gasteiger partial charge in [-0.25, -0.2) is 21.6 Å². The first-order valence-corrected chi connectivity index (χ1v) is 22.2. The van der Waals surface area contributed by atoms with E-state index >= 15 is 0 Å². The molecule has 0 bridgehead atoms. The first-order valence-electron chi connectivity index (χ1n) is 18.2. The van der Waals surface area contributed by atoms with Crippen LogP contribution in [0.3, 0.4) is 0 Å². The Labute approximate surface area is 363 Å². The number of aliphatic imine (C=N–C) groups is 1. The zero-order valence-corrected chi connectivity index (χ0v) is 38.8. The van der Waals surface area contributed by atoms with Gasteiger partial charge in [0.1, 0.15) is 23.8 Å². The summed E-state index contributed by atoms with van der Waals surface area (Å²) in [6.45, 7) is 13.5. The van der Waals surface area contributed by atoms with Crippen molar-refractivity contribution in [2.75, 3.05) is 39.2 Å². The molecule has 0 spiro atoms. The number of alkyl carbamates (subject to hydrolysis) is 1. The number of ether oxygens (including phenoxy) is 4. The number of nitro groups is 2. The van der Waals surface area contributed by atoms with E-state index < -0.39 is 92.4 Å². The molecule has 0 aliphatic rings. The quantitative estimate of drug-likeness (QED) is 0.0333. The van der Waals surface area contributed by atoms with Crippen LogP contribution < -0.4 is 15.1 Å². The Bertz CT molecular complexity index is 2040. The van der Waals surface area contributed by atoms with Gasteiger partial charge in [0.05, 0.1) is 24.1 Å². The molecule has 0 aliphatic carbocycles. The van der Waals surface area contributed by atoms with Gasteiger partial charge in [-0.05, 0) is 59.6 Å². The third-order valence-corrected chi connectivity index (χ3v) is 11.2. The van der Waals surface area contributed by atoms with Crippen LogP contribution in [0.15, 0.2) is 63.3 Å². The van der Waals surface area contributed by atoms with Crippen LogP contribution in [0.4, 0.5) is 16.2 Å². The first kappa shape index (κ1) is 56.0. The van der Waals surface area contributed by atoms with E-state index in [1.807, 2.05) is 25.5 Å². The number of esters is 2. The minimum atomic E-state index is -4.43. The van der Waals surface area contributed by atoms with Gasteiger partial charge < -0.3 is 29.4 Å². The molecule has 61 heavy (non-hydrogen) atoms. The molecule has 2 unspecified atom stereocenters. The van der Waals surface area contributed by atoms with Crippen LogP contribution in [0.25, 0.3) is 0 Å². The van der Waals surface area contributed by atoms with E-state index in [9.17, 15) is 56.6 Å². The fraction of sp³-hybridized carbons (Fsp3) is 0.556. The summed E-state index contributed by atoms with van der Waals surface area (Å²) in [5.74, 6) is -1.62. The van der Waals surface area contributed by atoms with E-state index in [1.165, 1.54) is 38.1 Å². The number of nitrogens with zero attached hydrogens (tertiary/aromatic N) is 4. The molecule has 2 N–H and O–H groups in total. The molecule has 22 nitrogen and oxygen atoms in total. The van der Waals surface area contributed by atoms with Crippen molar-refractivity contribution in [3.8, 4) is 0 Å². The molecular weight excluding hydrogens is 916 g/mol. The topological polar surface area (TPSA) is 305 Å². The lowest BCUT2D eigenvalue weighted by Crippen LogP contribution is -2.44. The predicted molar refractivity (Wildman–Crippen MR) is 224 cm³/mol. The number of carbonyl (C=O) groups is 3. The summed E-state index contributed by atoms with van der Waals surface area (Å²) in [5.41, 5.74) is -2.30. The number of nitro benzene ring substituents is 2. The van der Waals surface area contributed by atoms with Crippen molar-refractivity contribution < 1.29 is 65.1 Å². The molecule has 25 heteroatoms. The number of nitrogens with one attached hydrogen (secondary N) is 2. The highest BCUT2D eigenvalue weighted by molar-refractivity contribution is 9.09. The number of benzene rings is 2. The summed E-state index contributed by atoms with van der Waals surface area (Å²) in [7, 11) is -6.40. The first-order chi connectivity index (χ1) is 28.1. The third-order valence-electron chi connectivity index (χ3n) is 7.01. The summed E-state index contributed by atoms with van der Waals surface area (Å²) in [4.78, 5) is 57.2. The fourth-order valence-corrected chi connectivity index (χ4v) is 7.81. The molecule has 2 aromatic rings. The van der Waals surface area contributed by atoms with E-state index in [2.05, 4.69) is 35.7 Å². The summed E-state index contributed by atoms with van der Waals surface area (Å²) < 4.78 is 72.0. The molecular formula is C36H54BrN6O16S2-. The largest absolute Gasteiger partial charge is 0.595 e. The number of hydrogen-bond donors (Lipinski definition) is 2. The Morgan fingerprint density at radius 3 is 1.74 bits per heavy atom. The highest BCUT2D eigenvalue weighted by atomic mass is 79.9. The molecule has 1 amide bonds. The van der Waals surface area contributed by atoms with E-state index in [1.54, 1.807) is 20.8 Å². The normalized spacial score (nSPS) is 12.9. The Balaban J connectivity index is 0.000000987. The second kappa shape index (κ2) is 25.7. The van der Waals surface area contributed by atoms with E-state index in [4.69, 9.17) is 9.47 Å². The van der Waals surface area contributed by atoms with E-state index in [0.29, 0.717) is 6.54 Å². The van der Waals surface area contributed by atoms with Crippen LogP contribution in [0.5, 0.6) is 0 Å². The molecule has 0 heterocycles. The molecule has 2 aromatic carbocycles. The zero-order chi connectivity index (χ0) is 47.4. The highest BCUT2D eigenvalue weighted by Crippen LogP contribution is 2.28. The lowest BCUT2D eigenvalue weighted by atomic mass is 10.2. The minimum absolute atomic E-state index is 0.0638. The standard InChI is InChI=1S/C18H27N3O8S.C10H12N2O6S.C8H16BrNO2/c1-13(16(22)28-5)20(12-8-11-19-17(23)29-18(2,3)4)30(26,27)15-10-7-6-9-14(15)21(24)25;1-7(10(13)18-2)11-19(16,17)9-6-4-3-5-8(9)12(14)15;1-8(2,3)12-7(11)10-6-4-5-9/h6-7,9-10,13H,8,11-12H2,1-5H3,(H,19,23);3-7,11H,1-2H3;4-6H2,1-3H3,(H,10,11)/p-1. The van der Waals surface area contributed by atoms with Gasteiger partial charge in [-0.15, -0.1) is 0 Å². The Kier molecular flexibility index (Phi) is 23.6. The number of halogens is 1. The second-order valence-corrected chi connectivity index (χ2v) is 18.7. The van der Waals surface area contributed by atoms with Gasteiger partial charge in [-0.1, -0.05) is 61.0 Å². The smallest absolute Gasteiger partial charge is 0.407 e. The lowest BCUT2D eigenvalue weighted by Gasteiger charge is -2.29. The van der Waals surface area contributed by atoms with Crippen LogP contribution >= 0.6 is 15.9 Å². The van der Waals surface area contributed by atoms with Crippen molar-refractivity contribution in [2.45, 2.75) is 101 Å². The van der Waals surface area contributed by atoms with Crippen LogP contribution in [0.2, 0.25) is 0 Å². The maximum Gasteiger partial charge on any atom is 0.407 e. The maximum absolute atomic E-state index is 13.1. The van der Waals surface area contributed by atoms with Gasteiger partial charge in [0.15, 0.2) is 9.79 Å². The fourth-order valence-electron chi connectivity index (χ4n) is 4.38. The monoisotopic (exact) mass is 969 g/mol. The van der Waals surface area contributed by atoms with Crippen molar-refractivity contribution in [1.82, 2.24) is 14.3 Å². The number of alkyl halides is 1. The molecule has 0 saturated carbocycles. The number of hydrogen-bond acceptors (Lipinski definition) is 17. The van der Waals surface area contributed by atoms with E-state index in [-0.39, 0.29) is 25.6 Å². The molecule has 0 fully saturated rings. The Hall–Kier alpha value is -4.98. The minimum Gasteiger partial charge on any atom is -0.595 e. The number of para-hydroxylation sites is 2. The van der Waals surface area contributed by atoms with Gasteiger partial charge in [0.2, 0.25) is 10.0 Å². The van der Waals surface area contributed by atoms with Crippen LogP contribution in [-0.4, -0.2) is 118 Å². The van der Waals surface area contributed by atoms with Crippen molar-refractivity contribution in [3.63, 3.8) is 0 Å². The average molecular weight is 971 g/mol. The summed E-state index contributed by atoms with van der Waals surface area (Å²) in [5, 5.41) is 37.2. The van der Waals surface area contributed by atoms with Crippen LogP contribution in [-0.2, 0) is 48.6 Å². The molecule has 2 rings (SSSR count). The van der Waals surface area contributed by atoms with Crippen LogP contribution in [0.1, 0.15) is 68.2 Å². The number of methoxy groups -OCH3 is 2. The van der Waals surface area contributed by atoms with Crippen molar-refractivity contribution >= 4 is 71.5 Å². The highest BCUT2D eigenvalue weighted by Gasteiger charge is 2.37.